The normalized spacial score (nSPS) is 12.2. The maximum absolute atomic E-state index is 11.2. The van der Waals surface area contributed by atoms with E-state index in [4.69, 9.17) is 5.73 Å². The van der Waals surface area contributed by atoms with Crippen LogP contribution in [0.1, 0.15) is 65.2 Å². The number of nitrogens with two attached hydrogens (primary N) is 1. The number of hydrogen-bond acceptors (Lipinski definition) is 1. The maximum atomic E-state index is 11.2. The van der Waals surface area contributed by atoms with Gasteiger partial charge in [-0.3, -0.25) is 4.79 Å². The van der Waals surface area contributed by atoms with Gasteiger partial charge >= 0.3 is 0 Å². The van der Waals surface area contributed by atoms with Gasteiger partial charge in [0.1, 0.15) is 0 Å². The van der Waals surface area contributed by atoms with Crippen LogP contribution >= 0.6 is 0 Å². The van der Waals surface area contributed by atoms with Gasteiger partial charge in [-0.1, -0.05) is 57.8 Å². The minimum absolute atomic E-state index is 0.259. The predicted octanol–water partition coefficient (Wildman–Crippen LogP) is 4.11. The van der Waals surface area contributed by atoms with E-state index in [0.29, 0.717) is 0 Å². The molecule has 0 spiro atoms. The number of primary amides is 1. The zero-order chi connectivity index (χ0) is 12.9. The van der Waals surface area contributed by atoms with Crippen LogP contribution in [0.15, 0.2) is 23.8 Å². The first-order chi connectivity index (χ1) is 8.22. The van der Waals surface area contributed by atoms with Gasteiger partial charge in [-0.05, 0) is 25.7 Å². The number of unbranched alkanes of at least 4 members (excludes halogenated alkanes) is 4. The van der Waals surface area contributed by atoms with E-state index in [1.165, 1.54) is 25.7 Å². The molecule has 17 heavy (non-hydrogen) atoms. The molecule has 0 aromatic carbocycles. The van der Waals surface area contributed by atoms with Crippen LogP contribution in [0.2, 0.25) is 0 Å². The van der Waals surface area contributed by atoms with Gasteiger partial charge in [-0.2, -0.15) is 0 Å². The molecule has 1 amide bonds. The van der Waals surface area contributed by atoms with E-state index in [2.05, 4.69) is 26.0 Å². The number of rotatable bonds is 10. The Bertz CT molecular complexity index is 254. The van der Waals surface area contributed by atoms with Crippen molar-refractivity contribution >= 4 is 5.91 Å². The van der Waals surface area contributed by atoms with Crippen molar-refractivity contribution < 1.29 is 4.79 Å². The van der Waals surface area contributed by atoms with Crippen LogP contribution in [0.5, 0.6) is 0 Å². The Labute approximate surface area is 106 Å². The monoisotopic (exact) mass is 237 g/mol. The van der Waals surface area contributed by atoms with Gasteiger partial charge in [0.05, 0.1) is 0 Å². The summed E-state index contributed by atoms with van der Waals surface area (Å²) in [4.78, 5) is 11.2. The molecule has 0 aromatic rings. The second-order valence-electron chi connectivity index (χ2n) is 4.37. The quantitative estimate of drug-likeness (QED) is 0.347. The highest BCUT2D eigenvalue weighted by Crippen LogP contribution is 2.11. The van der Waals surface area contributed by atoms with Crippen LogP contribution in [-0.2, 0) is 4.79 Å². The molecule has 0 heterocycles. The maximum Gasteiger partial charge on any atom is 0.244 e. The highest BCUT2D eigenvalue weighted by molar-refractivity contribution is 5.91. The zero-order valence-electron chi connectivity index (χ0n) is 11.4. The van der Waals surface area contributed by atoms with E-state index in [-0.39, 0.29) is 5.91 Å². The van der Waals surface area contributed by atoms with Crippen LogP contribution in [0, 0.1) is 0 Å². The van der Waals surface area contributed by atoms with Crippen LogP contribution in [0.25, 0.3) is 0 Å². The summed E-state index contributed by atoms with van der Waals surface area (Å²) in [6.45, 7) is 4.30. The zero-order valence-corrected chi connectivity index (χ0v) is 11.4. The van der Waals surface area contributed by atoms with E-state index in [0.717, 1.165) is 31.3 Å². The van der Waals surface area contributed by atoms with Gasteiger partial charge in [-0.15, -0.1) is 0 Å². The molecule has 0 aliphatic heterocycles. The molecule has 0 aliphatic carbocycles. The van der Waals surface area contributed by atoms with Crippen molar-refractivity contribution in [1.29, 1.82) is 0 Å². The lowest BCUT2D eigenvalue weighted by Crippen LogP contribution is -2.13. The molecule has 0 bridgehead atoms. The van der Waals surface area contributed by atoms with E-state index >= 15 is 0 Å². The summed E-state index contributed by atoms with van der Waals surface area (Å²) in [6, 6.07) is 0. The Morgan fingerprint density at radius 3 is 2.35 bits per heavy atom. The SMILES string of the molecule is CCC=CCC=C(CCCCCCC)C(N)=O. The van der Waals surface area contributed by atoms with E-state index in [9.17, 15) is 4.79 Å². The largest absolute Gasteiger partial charge is 0.366 e. The smallest absolute Gasteiger partial charge is 0.244 e. The molecule has 0 radical (unpaired) electrons. The summed E-state index contributed by atoms with van der Waals surface area (Å²) in [5.41, 5.74) is 6.15. The first-order valence-corrected chi connectivity index (χ1v) is 6.86. The third-order valence-corrected chi connectivity index (χ3v) is 2.77. The molecule has 2 nitrogen and oxygen atoms in total. The molecule has 0 saturated carbocycles. The number of carbonyl (C=O) groups excluding carboxylic acids is 1. The van der Waals surface area contributed by atoms with Crippen LogP contribution in [0.3, 0.4) is 0 Å². The highest BCUT2D eigenvalue weighted by Gasteiger charge is 2.03. The average molecular weight is 237 g/mol. The van der Waals surface area contributed by atoms with Gasteiger partial charge in [0.2, 0.25) is 5.91 Å². The van der Waals surface area contributed by atoms with Gasteiger partial charge in [0.15, 0.2) is 0 Å². The third kappa shape index (κ3) is 9.86. The molecular formula is C15H27NO. The molecule has 0 aromatic heterocycles. The Morgan fingerprint density at radius 1 is 1.06 bits per heavy atom. The van der Waals surface area contributed by atoms with Crippen molar-refractivity contribution in [3.05, 3.63) is 23.8 Å². The Balaban J connectivity index is 3.90. The first-order valence-electron chi connectivity index (χ1n) is 6.86. The molecule has 2 N–H and O–H groups in total. The summed E-state index contributed by atoms with van der Waals surface area (Å²) < 4.78 is 0. The number of amides is 1. The van der Waals surface area contributed by atoms with Gasteiger partial charge in [0, 0.05) is 5.57 Å². The molecule has 0 saturated heterocycles. The molecule has 0 fully saturated rings. The molecular weight excluding hydrogens is 210 g/mol. The fourth-order valence-corrected chi connectivity index (χ4v) is 1.72. The molecule has 0 unspecified atom stereocenters. The molecule has 2 heteroatoms. The fraction of sp³-hybridized carbons (Fsp3) is 0.667. The second-order valence-corrected chi connectivity index (χ2v) is 4.37. The summed E-state index contributed by atoms with van der Waals surface area (Å²) >= 11 is 0. The van der Waals surface area contributed by atoms with Crippen molar-refractivity contribution in [1.82, 2.24) is 0 Å². The molecule has 0 aliphatic rings. The number of allylic oxidation sites excluding steroid dienone is 3. The second kappa shape index (κ2) is 11.4. The first kappa shape index (κ1) is 16.0. The lowest BCUT2D eigenvalue weighted by molar-refractivity contribution is -0.114. The Kier molecular flexibility index (Phi) is 10.7. The average Bonchev–Trinajstić information content (AvgIpc) is 2.31. The summed E-state index contributed by atoms with van der Waals surface area (Å²) in [5, 5.41) is 0. The van der Waals surface area contributed by atoms with Crippen molar-refractivity contribution in [3.8, 4) is 0 Å². The van der Waals surface area contributed by atoms with Crippen molar-refractivity contribution in [2.75, 3.05) is 0 Å². The minimum Gasteiger partial charge on any atom is -0.366 e. The highest BCUT2D eigenvalue weighted by atomic mass is 16.1. The number of carbonyl (C=O) groups is 1. The van der Waals surface area contributed by atoms with Gasteiger partial charge < -0.3 is 5.73 Å². The third-order valence-electron chi connectivity index (χ3n) is 2.77. The van der Waals surface area contributed by atoms with Crippen LogP contribution in [0.4, 0.5) is 0 Å². The predicted molar refractivity (Wildman–Crippen MR) is 74.7 cm³/mol. The van der Waals surface area contributed by atoms with Gasteiger partial charge in [-0.25, -0.2) is 0 Å². The van der Waals surface area contributed by atoms with Gasteiger partial charge in [0.25, 0.3) is 0 Å². The summed E-state index contributed by atoms with van der Waals surface area (Å²) in [5.74, 6) is -0.259. The number of hydrogen-bond donors (Lipinski definition) is 1. The van der Waals surface area contributed by atoms with Crippen molar-refractivity contribution in [2.45, 2.75) is 65.2 Å². The minimum atomic E-state index is -0.259. The Hall–Kier alpha value is -1.05. The lowest BCUT2D eigenvalue weighted by Gasteiger charge is -2.03. The van der Waals surface area contributed by atoms with Crippen molar-refractivity contribution in [2.24, 2.45) is 5.73 Å². The molecule has 98 valence electrons. The summed E-state index contributed by atoms with van der Waals surface area (Å²) in [7, 11) is 0. The lowest BCUT2D eigenvalue weighted by atomic mass is 10.0. The van der Waals surface area contributed by atoms with E-state index < -0.39 is 0 Å². The summed E-state index contributed by atoms with van der Waals surface area (Å²) in [6.07, 6.45) is 14.9. The molecule has 0 atom stereocenters. The van der Waals surface area contributed by atoms with Crippen LogP contribution < -0.4 is 5.73 Å². The standard InChI is InChI=1S/C15H27NO/c1-3-5-7-9-11-13-14(15(16)17)12-10-8-6-4-2/h6,8,12H,3-5,7,9-11,13H2,1-2H3,(H2,16,17). The van der Waals surface area contributed by atoms with Crippen LogP contribution in [-0.4, -0.2) is 5.91 Å². The fourth-order valence-electron chi connectivity index (χ4n) is 1.72. The molecule has 0 rings (SSSR count). The van der Waals surface area contributed by atoms with Crippen molar-refractivity contribution in [3.63, 3.8) is 0 Å². The van der Waals surface area contributed by atoms with E-state index in [1.807, 2.05) is 6.08 Å². The topological polar surface area (TPSA) is 43.1 Å². The Morgan fingerprint density at radius 2 is 1.76 bits per heavy atom. The van der Waals surface area contributed by atoms with E-state index in [1.54, 1.807) is 0 Å².